The first-order valence-electron chi connectivity index (χ1n) is 6.73. The second-order valence-corrected chi connectivity index (χ2v) is 6.02. The zero-order chi connectivity index (χ0) is 14.7. The van der Waals surface area contributed by atoms with Crippen LogP contribution in [-0.2, 0) is 19.8 Å². The maximum atomic E-state index is 12.4. The van der Waals surface area contributed by atoms with Gasteiger partial charge in [-0.1, -0.05) is 6.07 Å². The summed E-state index contributed by atoms with van der Waals surface area (Å²) in [5, 5.41) is 11.2. The number of phenols is 1. The van der Waals surface area contributed by atoms with E-state index in [1.54, 1.807) is 19.9 Å². The molecule has 1 heterocycles. The Morgan fingerprint density at radius 3 is 2.60 bits per heavy atom. The summed E-state index contributed by atoms with van der Waals surface area (Å²) in [6.07, 6.45) is 2.22. The molecule has 0 spiro atoms. The van der Waals surface area contributed by atoms with Crippen LogP contribution in [0, 0.1) is 0 Å². The Labute approximate surface area is 117 Å². The molecule has 2 aliphatic rings. The van der Waals surface area contributed by atoms with E-state index < -0.39 is 11.4 Å². The van der Waals surface area contributed by atoms with E-state index in [4.69, 9.17) is 4.84 Å². The highest BCUT2D eigenvalue weighted by atomic mass is 16.7. The van der Waals surface area contributed by atoms with Crippen LogP contribution in [0.1, 0.15) is 50.7 Å². The van der Waals surface area contributed by atoms with Crippen LogP contribution < -0.4 is 5.06 Å². The second kappa shape index (κ2) is 3.98. The van der Waals surface area contributed by atoms with Crippen LogP contribution in [0.5, 0.6) is 5.75 Å². The summed E-state index contributed by atoms with van der Waals surface area (Å²) in [5.41, 5.74) is 1.24. The van der Waals surface area contributed by atoms with Gasteiger partial charge in [0.1, 0.15) is 11.4 Å². The normalized spacial score (nSPS) is 19.9. The predicted molar refractivity (Wildman–Crippen MR) is 72.4 cm³/mol. The van der Waals surface area contributed by atoms with Crippen LogP contribution in [-0.4, -0.2) is 17.0 Å². The molecular weight excluding hydrogens is 258 g/mol. The fraction of sp³-hybridized carbons (Fsp3) is 0.467. The van der Waals surface area contributed by atoms with Crippen molar-refractivity contribution in [1.82, 2.24) is 0 Å². The minimum absolute atomic E-state index is 0.00965. The Morgan fingerprint density at radius 2 is 2.05 bits per heavy atom. The molecule has 0 radical (unpaired) electrons. The molecule has 1 aromatic rings. The Hall–Kier alpha value is -2.04. The summed E-state index contributed by atoms with van der Waals surface area (Å²) >= 11 is 0. The van der Waals surface area contributed by atoms with Gasteiger partial charge < -0.3 is 9.94 Å². The summed E-state index contributed by atoms with van der Waals surface area (Å²) < 4.78 is 0. The monoisotopic (exact) mass is 275 g/mol. The molecule has 5 nitrogen and oxygen atoms in total. The Kier molecular flexibility index (Phi) is 2.58. The molecule has 0 atom stereocenters. The number of amides is 1. The number of rotatable bonds is 2. The van der Waals surface area contributed by atoms with Crippen LogP contribution in [0.25, 0.3) is 0 Å². The van der Waals surface area contributed by atoms with Crippen molar-refractivity contribution >= 4 is 17.6 Å². The topological polar surface area (TPSA) is 66.8 Å². The van der Waals surface area contributed by atoms with Crippen LogP contribution in [0.2, 0.25) is 0 Å². The summed E-state index contributed by atoms with van der Waals surface area (Å²) in [7, 11) is 0. The van der Waals surface area contributed by atoms with E-state index in [9.17, 15) is 14.7 Å². The molecule has 1 aliphatic carbocycles. The highest BCUT2D eigenvalue weighted by molar-refractivity contribution is 6.08. The molecule has 1 aromatic carbocycles. The number of carbonyl (C=O) groups excluding carboxylic acids is 2. The lowest BCUT2D eigenvalue weighted by Gasteiger charge is -2.18. The second-order valence-electron chi connectivity index (χ2n) is 6.02. The zero-order valence-corrected chi connectivity index (χ0v) is 11.8. The fourth-order valence-electron chi connectivity index (χ4n) is 2.67. The molecule has 1 fully saturated rings. The maximum Gasteiger partial charge on any atom is 0.330 e. The number of hydrogen-bond donors (Lipinski definition) is 1. The first-order valence-corrected chi connectivity index (χ1v) is 6.73. The van der Waals surface area contributed by atoms with Crippen LogP contribution in [0.3, 0.4) is 0 Å². The number of benzene rings is 1. The Bertz CT molecular complexity index is 617. The van der Waals surface area contributed by atoms with Crippen LogP contribution in [0.15, 0.2) is 12.1 Å². The fourth-order valence-corrected chi connectivity index (χ4v) is 2.67. The number of hydrogen-bond acceptors (Lipinski definition) is 4. The quantitative estimate of drug-likeness (QED) is 0.899. The molecule has 0 bridgehead atoms. The standard InChI is InChI=1S/C15H17NO4/c1-8(17)20-16-13-11(15(2,3)14(16)19)6-10(7-12(13)18)9-4-5-9/h6-7,9,18H,4-5H2,1-3H3. The molecule has 0 unspecified atom stereocenters. The zero-order valence-electron chi connectivity index (χ0n) is 11.8. The number of carbonyl (C=O) groups is 2. The number of phenolic OH excluding ortho intramolecular Hbond substituents is 1. The lowest BCUT2D eigenvalue weighted by Crippen LogP contribution is -2.37. The smallest absolute Gasteiger partial charge is 0.330 e. The summed E-state index contributed by atoms with van der Waals surface area (Å²) in [6, 6.07) is 3.62. The third-order valence-electron chi connectivity index (χ3n) is 3.98. The molecule has 5 heteroatoms. The SMILES string of the molecule is CC(=O)ON1C(=O)C(C)(C)c2cc(C3CC3)cc(O)c21. The van der Waals surface area contributed by atoms with Gasteiger partial charge in [0.2, 0.25) is 0 Å². The third kappa shape index (κ3) is 1.77. The van der Waals surface area contributed by atoms with E-state index >= 15 is 0 Å². The van der Waals surface area contributed by atoms with Gasteiger partial charge in [-0.2, -0.15) is 0 Å². The number of nitrogens with zero attached hydrogens (tertiary/aromatic N) is 1. The van der Waals surface area contributed by atoms with Crippen molar-refractivity contribution in [3.05, 3.63) is 23.3 Å². The van der Waals surface area contributed by atoms with Crippen molar-refractivity contribution in [2.75, 3.05) is 5.06 Å². The lowest BCUT2D eigenvalue weighted by atomic mass is 9.85. The van der Waals surface area contributed by atoms with Crippen LogP contribution in [0.4, 0.5) is 5.69 Å². The summed E-state index contributed by atoms with van der Waals surface area (Å²) in [5.74, 6) is -0.469. The average molecular weight is 275 g/mol. The molecular formula is C15H17NO4. The summed E-state index contributed by atoms with van der Waals surface area (Å²) in [4.78, 5) is 28.5. The number of fused-ring (bicyclic) bond motifs is 1. The van der Waals surface area contributed by atoms with Gasteiger partial charge in [0.25, 0.3) is 5.91 Å². The minimum atomic E-state index is -0.812. The first kappa shape index (κ1) is 13.0. The average Bonchev–Trinajstić information content (AvgIpc) is 3.15. The third-order valence-corrected chi connectivity index (χ3v) is 3.98. The van der Waals surface area contributed by atoms with Crippen molar-refractivity contribution in [2.24, 2.45) is 0 Å². The molecule has 1 N–H and O–H groups in total. The van der Waals surface area contributed by atoms with Crippen molar-refractivity contribution in [2.45, 2.75) is 44.9 Å². The summed E-state index contributed by atoms with van der Waals surface area (Å²) in [6.45, 7) is 4.77. The van der Waals surface area contributed by atoms with Crippen molar-refractivity contribution in [3.63, 3.8) is 0 Å². The molecule has 1 saturated carbocycles. The largest absolute Gasteiger partial charge is 0.506 e. The van der Waals surface area contributed by atoms with Gasteiger partial charge >= 0.3 is 5.97 Å². The highest BCUT2D eigenvalue weighted by Gasteiger charge is 2.48. The van der Waals surface area contributed by atoms with Crippen molar-refractivity contribution < 1.29 is 19.5 Å². The minimum Gasteiger partial charge on any atom is -0.506 e. The number of aromatic hydroxyl groups is 1. The Morgan fingerprint density at radius 1 is 1.40 bits per heavy atom. The van der Waals surface area contributed by atoms with Crippen LogP contribution >= 0.6 is 0 Å². The highest BCUT2D eigenvalue weighted by Crippen LogP contribution is 2.50. The van der Waals surface area contributed by atoms with Gasteiger partial charge in [-0.25, -0.2) is 4.79 Å². The van der Waals surface area contributed by atoms with Crippen molar-refractivity contribution in [3.8, 4) is 5.75 Å². The molecule has 1 aliphatic heterocycles. The molecule has 1 amide bonds. The molecule has 20 heavy (non-hydrogen) atoms. The van der Waals surface area contributed by atoms with E-state index in [-0.39, 0.29) is 11.7 Å². The van der Waals surface area contributed by atoms with E-state index in [0.29, 0.717) is 17.2 Å². The van der Waals surface area contributed by atoms with Gasteiger partial charge in [0.05, 0.1) is 5.41 Å². The van der Waals surface area contributed by atoms with E-state index in [1.165, 1.54) is 6.92 Å². The molecule has 106 valence electrons. The van der Waals surface area contributed by atoms with Crippen molar-refractivity contribution in [1.29, 1.82) is 0 Å². The van der Waals surface area contributed by atoms with Gasteiger partial charge in [-0.15, -0.1) is 5.06 Å². The lowest BCUT2D eigenvalue weighted by molar-refractivity contribution is -0.148. The molecule has 0 saturated heterocycles. The number of hydroxylamine groups is 1. The number of anilines is 1. The van der Waals surface area contributed by atoms with Gasteiger partial charge in [-0.3, -0.25) is 4.79 Å². The van der Waals surface area contributed by atoms with Gasteiger partial charge in [0, 0.05) is 6.92 Å². The first-order chi connectivity index (χ1) is 9.32. The maximum absolute atomic E-state index is 12.4. The predicted octanol–water partition coefficient (Wildman–Crippen LogP) is 2.37. The Balaban J connectivity index is 2.15. The van der Waals surface area contributed by atoms with E-state index in [1.807, 2.05) is 6.07 Å². The molecule has 0 aromatic heterocycles. The van der Waals surface area contributed by atoms with Gasteiger partial charge in [0.15, 0.2) is 0 Å². The molecule has 3 rings (SSSR count). The van der Waals surface area contributed by atoms with Gasteiger partial charge in [-0.05, 0) is 49.8 Å². The van der Waals surface area contributed by atoms with E-state index in [2.05, 4.69) is 0 Å². The van der Waals surface area contributed by atoms with E-state index in [0.717, 1.165) is 23.5 Å².